The van der Waals surface area contributed by atoms with Crippen LogP contribution in [0.3, 0.4) is 0 Å². The molecule has 0 unspecified atom stereocenters. The minimum Gasteiger partial charge on any atom is -0.361 e. The average Bonchev–Trinajstić information content (AvgIpc) is 2.34. The number of fused-ring (bicyclic) bond motifs is 1. The van der Waals surface area contributed by atoms with Gasteiger partial charge >= 0.3 is 0 Å². The van der Waals surface area contributed by atoms with Gasteiger partial charge in [0.15, 0.2) is 0 Å². The Morgan fingerprint density at radius 3 is 3.00 bits per heavy atom. The zero-order valence-corrected chi connectivity index (χ0v) is 6.19. The van der Waals surface area contributed by atoms with Gasteiger partial charge in [0.1, 0.15) is 5.82 Å². The van der Waals surface area contributed by atoms with Gasteiger partial charge in [-0.15, -0.1) is 0 Å². The van der Waals surface area contributed by atoms with E-state index < -0.39 is 0 Å². The molecular weight excluding hydrogens is 141 g/mol. The fraction of sp³-hybridized carbons (Fsp3) is 0.111. The summed E-state index contributed by atoms with van der Waals surface area (Å²) in [4.78, 5) is 2.96. The fourth-order valence-corrected chi connectivity index (χ4v) is 1.26. The summed E-state index contributed by atoms with van der Waals surface area (Å²) in [7, 11) is 0. The zero-order valence-electron chi connectivity index (χ0n) is 6.19. The van der Waals surface area contributed by atoms with E-state index in [0.29, 0.717) is 5.39 Å². The summed E-state index contributed by atoms with van der Waals surface area (Å²) in [6.07, 6.45) is 1.74. The molecule has 0 bridgehead atoms. The van der Waals surface area contributed by atoms with Crippen LogP contribution in [0.4, 0.5) is 4.39 Å². The topological polar surface area (TPSA) is 15.8 Å². The van der Waals surface area contributed by atoms with E-state index in [9.17, 15) is 4.39 Å². The second-order valence-corrected chi connectivity index (χ2v) is 2.69. The van der Waals surface area contributed by atoms with E-state index in [4.69, 9.17) is 0 Å². The van der Waals surface area contributed by atoms with Crippen LogP contribution >= 0.6 is 0 Å². The Morgan fingerprint density at radius 2 is 2.18 bits per heavy atom. The molecule has 0 saturated carbocycles. The first kappa shape index (κ1) is 6.40. The third kappa shape index (κ3) is 0.909. The molecule has 11 heavy (non-hydrogen) atoms. The summed E-state index contributed by atoms with van der Waals surface area (Å²) in [5.74, 6) is -0.152. The number of halogens is 1. The summed E-state index contributed by atoms with van der Waals surface area (Å²) in [6.45, 7) is 1.88. The van der Waals surface area contributed by atoms with Crippen molar-refractivity contribution < 1.29 is 4.39 Å². The summed E-state index contributed by atoms with van der Waals surface area (Å²) in [5, 5.41) is 0.663. The highest BCUT2D eigenvalue weighted by Gasteiger charge is 2.00. The minimum atomic E-state index is -0.152. The number of aromatic nitrogens is 1. The molecule has 1 N–H and O–H groups in total. The third-order valence-electron chi connectivity index (χ3n) is 1.76. The molecule has 1 aromatic carbocycles. The van der Waals surface area contributed by atoms with Gasteiger partial charge in [0.05, 0.1) is 0 Å². The third-order valence-corrected chi connectivity index (χ3v) is 1.76. The molecule has 0 aliphatic carbocycles. The number of nitrogens with one attached hydrogen (secondary N) is 1. The van der Waals surface area contributed by atoms with E-state index in [1.54, 1.807) is 12.3 Å². The van der Waals surface area contributed by atoms with Crippen LogP contribution in [0, 0.1) is 12.7 Å². The van der Waals surface area contributed by atoms with Crippen LogP contribution in [-0.4, -0.2) is 4.98 Å². The highest BCUT2D eigenvalue weighted by Crippen LogP contribution is 2.17. The van der Waals surface area contributed by atoms with Gasteiger partial charge in [-0.25, -0.2) is 4.39 Å². The molecule has 0 aliphatic heterocycles. The lowest BCUT2D eigenvalue weighted by Gasteiger charge is -1.94. The van der Waals surface area contributed by atoms with Crippen molar-refractivity contribution in [3.63, 3.8) is 0 Å². The molecule has 56 valence electrons. The molecule has 1 aromatic heterocycles. The minimum absolute atomic E-state index is 0.152. The largest absolute Gasteiger partial charge is 0.361 e. The number of hydrogen-bond acceptors (Lipinski definition) is 0. The van der Waals surface area contributed by atoms with Gasteiger partial charge in [-0.05, 0) is 30.7 Å². The van der Waals surface area contributed by atoms with Crippen molar-refractivity contribution in [2.75, 3.05) is 0 Å². The Hall–Kier alpha value is -1.31. The monoisotopic (exact) mass is 149 g/mol. The number of aryl methyl sites for hydroxylation is 1. The van der Waals surface area contributed by atoms with Crippen LogP contribution in [0.2, 0.25) is 0 Å². The molecule has 0 atom stereocenters. The van der Waals surface area contributed by atoms with Crippen molar-refractivity contribution in [2.45, 2.75) is 6.92 Å². The smallest absolute Gasteiger partial charge is 0.132 e. The molecule has 0 fully saturated rings. The molecule has 2 rings (SSSR count). The van der Waals surface area contributed by atoms with E-state index in [1.807, 2.05) is 13.0 Å². The van der Waals surface area contributed by atoms with Gasteiger partial charge in [0.25, 0.3) is 0 Å². The number of rotatable bonds is 0. The first-order valence-electron chi connectivity index (χ1n) is 3.50. The maximum atomic E-state index is 13.1. The summed E-state index contributed by atoms with van der Waals surface area (Å²) >= 11 is 0. The van der Waals surface area contributed by atoms with Crippen molar-refractivity contribution in [1.82, 2.24) is 4.98 Å². The van der Waals surface area contributed by atoms with Crippen LogP contribution in [0.1, 0.15) is 5.56 Å². The second-order valence-electron chi connectivity index (χ2n) is 2.69. The normalized spacial score (nSPS) is 10.7. The van der Waals surface area contributed by atoms with Crippen LogP contribution in [0.15, 0.2) is 24.4 Å². The van der Waals surface area contributed by atoms with Gasteiger partial charge < -0.3 is 4.98 Å². The quantitative estimate of drug-likeness (QED) is 0.592. The summed E-state index contributed by atoms with van der Waals surface area (Å²) in [6, 6.07) is 5.21. The molecule has 0 radical (unpaired) electrons. The van der Waals surface area contributed by atoms with E-state index in [0.717, 1.165) is 11.1 Å². The lowest BCUT2D eigenvalue weighted by Crippen LogP contribution is -1.78. The Kier molecular flexibility index (Phi) is 1.22. The summed E-state index contributed by atoms with van der Waals surface area (Å²) in [5.41, 5.74) is 1.81. The van der Waals surface area contributed by atoms with Crippen molar-refractivity contribution in [2.24, 2.45) is 0 Å². The van der Waals surface area contributed by atoms with Crippen molar-refractivity contribution in [1.29, 1.82) is 0 Å². The number of hydrogen-bond donors (Lipinski definition) is 1. The van der Waals surface area contributed by atoms with Crippen LogP contribution in [0.25, 0.3) is 10.9 Å². The number of benzene rings is 1. The predicted octanol–water partition coefficient (Wildman–Crippen LogP) is 2.62. The molecular formula is C9H8FN. The van der Waals surface area contributed by atoms with Gasteiger partial charge in [-0.3, -0.25) is 0 Å². The highest BCUT2D eigenvalue weighted by molar-refractivity contribution is 5.80. The van der Waals surface area contributed by atoms with E-state index >= 15 is 0 Å². The van der Waals surface area contributed by atoms with Crippen molar-refractivity contribution in [3.05, 3.63) is 35.8 Å². The highest BCUT2D eigenvalue weighted by atomic mass is 19.1. The standard InChI is InChI=1S/C9H8FN/c1-6-4-8(10)7-2-3-11-9(7)5-6/h2-5,11H,1H3. The van der Waals surface area contributed by atoms with Crippen LogP contribution < -0.4 is 0 Å². The number of H-pyrrole nitrogens is 1. The molecule has 0 spiro atoms. The first-order chi connectivity index (χ1) is 5.27. The van der Waals surface area contributed by atoms with Gasteiger partial charge in [-0.1, -0.05) is 0 Å². The van der Waals surface area contributed by atoms with E-state index in [2.05, 4.69) is 4.98 Å². The Bertz CT molecular complexity index is 389. The maximum Gasteiger partial charge on any atom is 0.132 e. The lowest BCUT2D eigenvalue weighted by atomic mass is 10.2. The molecule has 0 aliphatic rings. The zero-order chi connectivity index (χ0) is 7.84. The van der Waals surface area contributed by atoms with Gasteiger partial charge in [0, 0.05) is 17.1 Å². The fourth-order valence-electron chi connectivity index (χ4n) is 1.26. The molecule has 1 heterocycles. The Labute approximate surface area is 63.9 Å². The maximum absolute atomic E-state index is 13.1. The summed E-state index contributed by atoms with van der Waals surface area (Å²) < 4.78 is 13.1. The Balaban J connectivity index is 2.91. The number of aromatic amines is 1. The second kappa shape index (κ2) is 2.09. The average molecular weight is 149 g/mol. The van der Waals surface area contributed by atoms with Gasteiger partial charge in [-0.2, -0.15) is 0 Å². The predicted molar refractivity (Wildman–Crippen MR) is 43.0 cm³/mol. The molecule has 0 saturated heterocycles. The van der Waals surface area contributed by atoms with Crippen molar-refractivity contribution >= 4 is 10.9 Å². The molecule has 2 heteroatoms. The van der Waals surface area contributed by atoms with E-state index in [1.165, 1.54) is 6.07 Å². The van der Waals surface area contributed by atoms with Crippen LogP contribution in [0.5, 0.6) is 0 Å². The van der Waals surface area contributed by atoms with E-state index in [-0.39, 0.29) is 5.82 Å². The molecule has 0 amide bonds. The SMILES string of the molecule is Cc1cc(F)c2cc[nH]c2c1. The molecule has 1 nitrogen and oxygen atoms in total. The van der Waals surface area contributed by atoms with Crippen LogP contribution in [-0.2, 0) is 0 Å². The lowest BCUT2D eigenvalue weighted by molar-refractivity contribution is 0.639. The van der Waals surface area contributed by atoms with Gasteiger partial charge in [0.2, 0.25) is 0 Å². The molecule has 2 aromatic rings. The first-order valence-corrected chi connectivity index (χ1v) is 3.50. The Morgan fingerprint density at radius 1 is 1.36 bits per heavy atom. The van der Waals surface area contributed by atoms with Crippen molar-refractivity contribution in [3.8, 4) is 0 Å².